The Hall–Kier alpha value is -3.04. The molecule has 3 heterocycles. The summed E-state index contributed by atoms with van der Waals surface area (Å²) in [6, 6.07) is -2.79. The monoisotopic (exact) mass is 741 g/mol. The van der Waals surface area contributed by atoms with Gasteiger partial charge in [-0.3, -0.25) is 39.1 Å². The molecule has 4 N–H and O–H groups in total. The number of Topliss-reactive ketones (excluding diaryl/α,β-unsaturated/α-hetero) is 2. The quantitative estimate of drug-likeness (QED) is 0.194. The number of rotatable bonds is 11. The zero-order chi connectivity index (χ0) is 36.6. The molecule has 4 amide bonds. The smallest absolute Gasteiger partial charge is 0.272 e. The summed E-state index contributed by atoms with van der Waals surface area (Å²) >= 11 is 3.50. The zero-order valence-corrected chi connectivity index (χ0v) is 31.6. The molecule has 1 spiro atoms. The van der Waals surface area contributed by atoms with E-state index in [1.165, 1.54) is 18.6 Å². The fraction of sp³-hybridized carbons (Fsp3) is 0.722. The van der Waals surface area contributed by atoms with Gasteiger partial charge < -0.3 is 20.9 Å². The average Bonchev–Trinajstić information content (AvgIpc) is 3.87. The van der Waals surface area contributed by atoms with E-state index in [-0.39, 0.29) is 17.7 Å². The molecule has 3 aliphatic carbocycles. The Morgan fingerprint density at radius 2 is 1.69 bits per heavy atom. The number of ketones is 2. The van der Waals surface area contributed by atoms with Crippen LogP contribution in [0.5, 0.6) is 0 Å². The predicted molar refractivity (Wildman–Crippen MR) is 194 cm³/mol. The van der Waals surface area contributed by atoms with Crippen LogP contribution >= 0.6 is 23.5 Å². The molecule has 5 unspecified atom stereocenters. The number of thioether (sulfide) groups is 2. The topological polar surface area (TPSA) is 180 Å². The Bertz CT molecular complexity index is 1520. The summed E-state index contributed by atoms with van der Waals surface area (Å²) in [6.07, 6.45) is 12.2. The maximum atomic E-state index is 14.9. The lowest BCUT2D eigenvalue weighted by molar-refractivity contribution is -0.161. The van der Waals surface area contributed by atoms with Crippen molar-refractivity contribution in [3.63, 3.8) is 0 Å². The second kappa shape index (κ2) is 15.1. The average molecular weight is 742 g/mol. The Balaban J connectivity index is 1.27. The van der Waals surface area contributed by atoms with E-state index in [9.17, 15) is 28.8 Å². The number of nitrogens with zero attached hydrogens (tertiary/aromatic N) is 3. The number of carbonyl (C=O) groups is 6. The van der Waals surface area contributed by atoms with Gasteiger partial charge in [0.2, 0.25) is 29.3 Å². The van der Waals surface area contributed by atoms with Gasteiger partial charge in [-0.05, 0) is 61.4 Å². The van der Waals surface area contributed by atoms with Crippen molar-refractivity contribution in [1.29, 1.82) is 0 Å². The molecule has 5 atom stereocenters. The lowest BCUT2D eigenvalue weighted by atomic mass is 9.68. The lowest BCUT2D eigenvalue weighted by Gasteiger charge is -2.47. The van der Waals surface area contributed by atoms with Gasteiger partial charge in [0.1, 0.15) is 23.8 Å². The van der Waals surface area contributed by atoms with E-state index in [0.717, 1.165) is 62.9 Å². The molecule has 2 aliphatic heterocycles. The Morgan fingerprint density at radius 3 is 2.29 bits per heavy atom. The van der Waals surface area contributed by atoms with Gasteiger partial charge in [-0.1, -0.05) is 47.0 Å². The van der Waals surface area contributed by atoms with Crippen LogP contribution in [0.15, 0.2) is 18.6 Å². The summed E-state index contributed by atoms with van der Waals surface area (Å²) in [5.74, 6) is -1.98. The van der Waals surface area contributed by atoms with Gasteiger partial charge in [0.25, 0.3) is 5.91 Å². The highest BCUT2D eigenvalue weighted by molar-refractivity contribution is 8.18. The molecule has 2 saturated heterocycles. The van der Waals surface area contributed by atoms with Crippen LogP contribution < -0.4 is 21.3 Å². The number of hydrogen-bond donors (Lipinski definition) is 4. The SMILES string of the molecule is CCC1C(=O)C(=O)C1(NC(=O)C1CC2(CN1C(=O)C(NC(=O)C(NC(=O)c1cnccn1)C1CCCCC1)C(C)(C)C)SCCCS2)NC1CC1. The van der Waals surface area contributed by atoms with Crippen molar-refractivity contribution >= 4 is 58.7 Å². The van der Waals surface area contributed by atoms with Crippen molar-refractivity contribution < 1.29 is 28.8 Å². The first-order valence-electron chi connectivity index (χ1n) is 18.4. The maximum absolute atomic E-state index is 14.9. The minimum Gasteiger partial charge on any atom is -0.342 e. The Labute approximate surface area is 308 Å². The standard InChI is InChI=1S/C36H51N7O6S2/c1-5-23-27(44)29(45)36(23,41-22-12-13-22)42-31(47)25-18-35(50-16-9-17-51-35)20-43(25)33(49)28(34(2,3)4)40-32(48)26(21-10-7-6-8-11-21)39-30(46)24-19-37-14-15-38-24/h14-15,19,21-23,25-26,28,41H,5-13,16-18,20H2,1-4H3,(H,39,46)(H,40,48)(H,42,47). The molecule has 1 aromatic rings. The van der Waals surface area contributed by atoms with Gasteiger partial charge in [0, 0.05) is 31.4 Å². The summed E-state index contributed by atoms with van der Waals surface area (Å²) in [4.78, 5) is 92.3. The third-order valence-corrected chi connectivity index (χ3v) is 14.3. The van der Waals surface area contributed by atoms with Crippen LogP contribution in [0.3, 0.4) is 0 Å². The van der Waals surface area contributed by atoms with Crippen LogP contribution in [0.1, 0.15) is 102 Å². The molecular formula is C36H51N7O6S2. The minimum absolute atomic E-state index is 0.0422. The molecule has 0 bridgehead atoms. The molecule has 0 radical (unpaired) electrons. The highest BCUT2D eigenvalue weighted by Gasteiger charge is 2.64. The van der Waals surface area contributed by atoms with Gasteiger partial charge in [-0.2, -0.15) is 0 Å². The van der Waals surface area contributed by atoms with Crippen molar-refractivity contribution in [2.45, 2.75) is 126 Å². The fourth-order valence-corrected chi connectivity index (χ4v) is 11.3. The second-order valence-corrected chi connectivity index (χ2v) is 19.0. The molecule has 278 valence electrons. The highest BCUT2D eigenvalue weighted by atomic mass is 32.2. The van der Waals surface area contributed by atoms with Crippen LogP contribution in [-0.2, 0) is 24.0 Å². The van der Waals surface area contributed by atoms with Gasteiger partial charge in [0.15, 0.2) is 5.66 Å². The van der Waals surface area contributed by atoms with Crippen molar-refractivity contribution in [3.05, 3.63) is 24.3 Å². The summed E-state index contributed by atoms with van der Waals surface area (Å²) in [6.45, 7) is 7.73. The first kappa shape index (κ1) is 37.7. The number of amides is 4. The van der Waals surface area contributed by atoms with Crippen LogP contribution in [-0.4, -0.2) is 102 Å². The molecule has 3 saturated carbocycles. The number of likely N-dealkylation sites (tertiary alicyclic amines) is 1. The maximum Gasteiger partial charge on any atom is 0.272 e. The summed E-state index contributed by atoms with van der Waals surface area (Å²) in [7, 11) is 0. The predicted octanol–water partition coefficient (Wildman–Crippen LogP) is 2.60. The Kier molecular flexibility index (Phi) is 11.2. The van der Waals surface area contributed by atoms with Gasteiger partial charge in [0.05, 0.1) is 16.2 Å². The lowest BCUT2D eigenvalue weighted by Crippen LogP contribution is -2.80. The molecule has 13 nitrogen and oxygen atoms in total. The van der Waals surface area contributed by atoms with Crippen LogP contribution in [0.4, 0.5) is 0 Å². The van der Waals surface area contributed by atoms with Crippen molar-refractivity contribution in [1.82, 2.24) is 36.1 Å². The Morgan fingerprint density at radius 1 is 0.980 bits per heavy atom. The van der Waals surface area contributed by atoms with E-state index >= 15 is 0 Å². The van der Waals surface area contributed by atoms with Crippen LogP contribution in [0, 0.1) is 17.3 Å². The number of hydrogen-bond acceptors (Lipinski definition) is 11. The molecule has 51 heavy (non-hydrogen) atoms. The number of nitrogens with one attached hydrogen (secondary N) is 4. The van der Waals surface area contributed by atoms with E-state index in [1.807, 2.05) is 27.7 Å². The fourth-order valence-electron chi connectivity index (χ4n) is 7.97. The van der Waals surface area contributed by atoms with Gasteiger partial charge >= 0.3 is 0 Å². The zero-order valence-electron chi connectivity index (χ0n) is 30.0. The van der Waals surface area contributed by atoms with Crippen LogP contribution in [0.2, 0.25) is 0 Å². The van der Waals surface area contributed by atoms with Gasteiger partial charge in [-0.25, -0.2) is 4.98 Å². The van der Waals surface area contributed by atoms with E-state index in [0.29, 0.717) is 19.4 Å². The summed E-state index contributed by atoms with van der Waals surface area (Å²) < 4.78 is -0.418. The largest absolute Gasteiger partial charge is 0.342 e. The molecule has 5 fully saturated rings. The van der Waals surface area contributed by atoms with E-state index < -0.39 is 74.4 Å². The molecule has 5 aliphatic rings. The normalized spacial score (nSPS) is 27.7. The molecule has 6 rings (SSSR count). The van der Waals surface area contributed by atoms with E-state index in [2.05, 4.69) is 31.2 Å². The second-order valence-electron chi connectivity index (χ2n) is 15.8. The van der Waals surface area contributed by atoms with E-state index in [4.69, 9.17) is 0 Å². The van der Waals surface area contributed by atoms with Crippen molar-refractivity contribution in [2.24, 2.45) is 17.3 Å². The highest BCUT2D eigenvalue weighted by Crippen LogP contribution is 2.51. The third-order valence-electron chi connectivity index (χ3n) is 10.9. The number of carbonyl (C=O) groups excluding carboxylic acids is 6. The van der Waals surface area contributed by atoms with E-state index in [1.54, 1.807) is 28.4 Å². The summed E-state index contributed by atoms with van der Waals surface area (Å²) in [5.41, 5.74) is -2.15. The van der Waals surface area contributed by atoms with Gasteiger partial charge in [-0.15, -0.1) is 23.5 Å². The molecule has 15 heteroatoms. The van der Waals surface area contributed by atoms with Crippen molar-refractivity contribution in [2.75, 3.05) is 18.1 Å². The minimum atomic E-state index is -1.48. The molecular weight excluding hydrogens is 691 g/mol. The summed E-state index contributed by atoms with van der Waals surface area (Å²) in [5, 5.41) is 12.2. The molecule has 0 aromatic carbocycles. The number of aromatic nitrogens is 2. The van der Waals surface area contributed by atoms with Crippen molar-refractivity contribution in [3.8, 4) is 0 Å². The first-order chi connectivity index (χ1) is 24.3. The molecule has 1 aromatic heterocycles. The van der Waals surface area contributed by atoms with Crippen LogP contribution in [0.25, 0.3) is 0 Å². The first-order valence-corrected chi connectivity index (χ1v) is 20.4. The third kappa shape index (κ3) is 7.85.